The Morgan fingerprint density at radius 3 is 2.89 bits per heavy atom. The zero-order valence-electron chi connectivity index (χ0n) is 4.87. The number of hydrogen-bond donors (Lipinski definition) is 2. The summed E-state index contributed by atoms with van der Waals surface area (Å²) in [6.45, 7) is 1.23. The summed E-state index contributed by atoms with van der Waals surface area (Å²) < 4.78 is 0. The maximum atomic E-state index is 10.2. The number of nitrogens with one attached hydrogen (secondary N) is 1. The minimum Gasteiger partial charge on any atom is -0.465 e. The van der Waals surface area contributed by atoms with Crippen molar-refractivity contribution >= 4 is 6.09 Å². The van der Waals surface area contributed by atoms with Gasteiger partial charge in [-0.3, -0.25) is 4.90 Å². The third-order valence-corrected chi connectivity index (χ3v) is 1.12. The molecule has 0 aliphatic carbocycles. The van der Waals surface area contributed by atoms with Crippen LogP contribution in [0.1, 0.15) is 0 Å². The van der Waals surface area contributed by atoms with Crippen LogP contribution < -0.4 is 5.32 Å². The minimum absolute atomic E-state index is 0.534. The van der Waals surface area contributed by atoms with Crippen molar-refractivity contribution < 1.29 is 9.90 Å². The van der Waals surface area contributed by atoms with Gasteiger partial charge in [0, 0.05) is 25.5 Å². The Kier molecular flexibility index (Phi) is 1.58. The lowest BCUT2D eigenvalue weighted by molar-refractivity contribution is 0.161. The Labute approximate surface area is 52.8 Å². The van der Waals surface area contributed by atoms with Crippen LogP contribution in [0.5, 0.6) is 0 Å². The number of amides is 1. The van der Waals surface area contributed by atoms with Crippen molar-refractivity contribution in [2.24, 2.45) is 0 Å². The Bertz CT molecular complexity index is 144. The van der Waals surface area contributed by atoms with Crippen LogP contribution in [0, 0.1) is 0 Å². The summed E-state index contributed by atoms with van der Waals surface area (Å²) >= 11 is 0. The number of carboxylic acid groups (broad SMARTS) is 1. The molecular weight excluding hydrogens is 120 g/mol. The summed E-state index contributed by atoms with van der Waals surface area (Å²) in [6.07, 6.45) is 2.23. The predicted octanol–water partition coefficient (Wildman–Crippen LogP) is 0.0408. The zero-order valence-corrected chi connectivity index (χ0v) is 4.87. The normalized spacial score (nSPS) is 17.1. The highest BCUT2D eigenvalue weighted by Crippen LogP contribution is 1.92. The fourth-order valence-corrected chi connectivity index (χ4v) is 0.645. The summed E-state index contributed by atoms with van der Waals surface area (Å²) in [4.78, 5) is 11.4. The smallest absolute Gasteiger partial charge is 0.411 e. The summed E-state index contributed by atoms with van der Waals surface area (Å²) in [5.41, 5.74) is 0. The first-order valence-corrected chi connectivity index (χ1v) is 2.70. The van der Waals surface area contributed by atoms with Gasteiger partial charge < -0.3 is 10.4 Å². The molecule has 4 heteroatoms. The van der Waals surface area contributed by atoms with E-state index in [-0.39, 0.29) is 0 Å². The molecule has 1 rings (SSSR count). The van der Waals surface area contributed by atoms with Crippen LogP contribution in [-0.4, -0.2) is 29.2 Å². The first-order valence-electron chi connectivity index (χ1n) is 2.70. The van der Waals surface area contributed by atoms with Crippen molar-refractivity contribution in [1.82, 2.24) is 10.2 Å². The first-order chi connectivity index (χ1) is 4.30. The van der Waals surface area contributed by atoms with Crippen LogP contribution >= 0.6 is 0 Å². The van der Waals surface area contributed by atoms with Crippen LogP contribution in [0.25, 0.3) is 0 Å². The molecule has 1 amide bonds. The Morgan fingerprint density at radius 2 is 2.56 bits per heavy atom. The standard InChI is InChI=1S/C5H8N2O2/c8-5(9)7-3-1-6-2-4-7/h1,3,6H,2,4H2,(H,8,9). The Balaban J connectivity index is 2.50. The zero-order chi connectivity index (χ0) is 6.69. The number of rotatable bonds is 0. The van der Waals surface area contributed by atoms with Crippen molar-refractivity contribution in [1.29, 1.82) is 0 Å². The van der Waals surface area contributed by atoms with Gasteiger partial charge in [0.1, 0.15) is 0 Å². The van der Waals surface area contributed by atoms with Crippen molar-refractivity contribution in [3.8, 4) is 0 Å². The van der Waals surface area contributed by atoms with Gasteiger partial charge in [-0.2, -0.15) is 0 Å². The lowest BCUT2D eigenvalue weighted by Crippen LogP contribution is -2.34. The summed E-state index contributed by atoms with van der Waals surface area (Å²) in [7, 11) is 0. The minimum atomic E-state index is -0.896. The molecule has 0 saturated heterocycles. The molecular formula is C5H8N2O2. The molecule has 1 aliphatic rings. The maximum absolute atomic E-state index is 10.2. The van der Waals surface area contributed by atoms with E-state index >= 15 is 0 Å². The molecule has 0 aromatic rings. The van der Waals surface area contributed by atoms with E-state index in [0.717, 1.165) is 0 Å². The van der Waals surface area contributed by atoms with Gasteiger partial charge >= 0.3 is 6.09 Å². The second-order valence-corrected chi connectivity index (χ2v) is 1.75. The van der Waals surface area contributed by atoms with Gasteiger partial charge in [0.05, 0.1) is 0 Å². The third kappa shape index (κ3) is 1.35. The highest BCUT2D eigenvalue weighted by atomic mass is 16.4. The van der Waals surface area contributed by atoms with Crippen LogP contribution in [0.2, 0.25) is 0 Å². The van der Waals surface area contributed by atoms with E-state index in [1.54, 1.807) is 6.20 Å². The SMILES string of the molecule is O=C(O)N1C=CNCC1. The number of nitrogens with zero attached hydrogens (tertiary/aromatic N) is 1. The molecule has 0 aromatic heterocycles. The molecule has 0 atom stereocenters. The molecule has 0 aromatic carbocycles. The Morgan fingerprint density at radius 1 is 1.78 bits per heavy atom. The molecule has 50 valence electrons. The summed E-state index contributed by atoms with van der Waals surface area (Å²) in [5.74, 6) is 0. The van der Waals surface area contributed by atoms with Gasteiger partial charge in [0.15, 0.2) is 0 Å². The molecule has 0 saturated carbocycles. The Hall–Kier alpha value is -1.19. The molecule has 9 heavy (non-hydrogen) atoms. The van der Waals surface area contributed by atoms with E-state index in [1.807, 2.05) is 0 Å². The quantitative estimate of drug-likeness (QED) is 0.484. The summed E-state index contributed by atoms with van der Waals surface area (Å²) in [6, 6.07) is 0. The molecule has 2 N–H and O–H groups in total. The van der Waals surface area contributed by atoms with Crippen LogP contribution in [0.15, 0.2) is 12.4 Å². The topological polar surface area (TPSA) is 52.6 Å². The van der Waals surface area contributed by atoms with Gasteiger partial charge in [-0.05, 0) is 0 Å². The average Bonchev–Trinajstić information content (AvgIpc) is 1.90. The fraction of sp³-hybridized carbons (Fsp3) is 0.400. The molecule has 0 fully saturated rings. The van der Waals surface area contributed by atoms with Gasteiger partial charge in [-0.1, -0.05) is 0 Å². The molecule has 1 aliphatic heterocycles. The highest BCUT2D eigenvalue weighted by molar-refractivity contribution is 5.66. The average molecular weight is 128 g/mol. The van der Waals surface area contributed by atoms with Crippen LogP contribution in [0.3, 0.4) is 0 Å². The first kappa shape index (κ1) is 5.94. The molecule has 0 bridgehead atoms. The maximum Gasteiger partial charge on any atom is 0.411 e. The molecule has 0 unspecified atom stereocenters. The lowest BCUT2D eigenvalue weighted by atomic mass is 10.5. The van der Waals surface area contributed by atoms with Crippen molar-refractivity contribution in [2.75, 3.05) is 13.1 Å². The van der Waals surface area contributed by atoms with Crippen molar-refractivity contribution in [3.05, 3.63) is 12.4 Å². The number of carbonyl (C=O) groups is 1. The van der Waals surface area contributed by atoms with Gasteiger partial charge in [-0.15, -0.1) is 0 Å². The lowest BCUT2D eigenvalue weighted by Gasteiger charge is -2.17. The second kappa shape index (κ2) is 2.39. The van der Waals surface area contributed by atoms with Crippen LogP contribution in [-0.2, 0) is 0 Å². The largest absolute Gasteiger partial charge is 0.465 e. The molecule has 1 heterocycles. The molecule has 0 spiro atoms. The third-order valence-electron chi connectivity index (χ3n) is 1.12. The van der Waals surface area contributed by atoms with Crippen molar-refractivity contribution in [2.45, 2.75) is 0 Å². The fourth-order valence-electron chi connectivity index (χ4n) is 0.645. The molecule has 0 radical (unpaired) electrons. The van der Waals surface area contributed by atoms with Gasteiger partial charge in [0.25, 0.3) is 0 Å². The van der Waals surface area contributed by atoms with Crippen LogP contribution in [0.4, 0.5) is 4.79 Å². The summed E-state index contributed by atoms with van der Waals surface area (Å²) in [5, 5.41) is 11.3. The highest BCUT2D eigenvalue weighted by Gasteiger charge is 2.08. The second-order valence-electron chi connectivity index (χ2n) is 1.75. The predicted molar refractivity (Wildman–Crippen MR) is 31.9 cm³/mol. The molecule has 4 nitrogen and oxygen atoms in total. The van der Waals surface area contributed by atoms with Gasteiger partial charge in [0.2, 0.25) is 0 Å². The van der Waals surface area contributed by atoms with E-state index in [9.17, 15) is 4.79 Å². The monoisotopic (exact) mass is 128 g/mol. The van der Waals surface area contributed by atoms with E-state index in [1.165, 1.54) is 11.1 Å². The van der Waals surface area contributed by atoms with Crippen molar-refractivity contribution in [3.63, 3.8) is 0 Å². The van der Waals surface area contributed by atoms with Gasteiger partial charge in [-0.25, -0.2) is 4.79 Å². The van der Waals surface area contributed by atoms with E-state index in [0.29, 0.717) is 13.1 Å². The van der Waals surface area contributed by atoms with E-state index in [4.69, 9.17) is 5.11 Å². The number of hydrogen-bond acceptors (Lipinski definition) is 2. The van der Waals surface area contributed by atoms with E-state index < -0.39 is 6.09 Å². The van der Waals surface area contributed by atoms with E-state index in [2.05, 4.69) is 5.32 Å².